The first-order valence-electron chi connectivity index (χ1n) is 5.51. The summed E-state index contributed by atoms with van der Waals surface area (Å²) in [5, 5.41) is 3.84. The highest BCUT2D eigenvalue weighted by atomic mass is 16.2. The standard InChI is InChI=1S/C13H12N4O/c18-13(11-17-8-4-1-5-9-17)16-15-10-12-6-2-3-7-14-12/h1-10H,11H2/p+1. The Morgan fingerprint density at radius 3 is 2.83 bits per heavy atom. The number of nitrogens with zero attached hydrogens (tertiary/aromatic N) is 3. The van der Waals surface area contributed by atoms with Crippen molar-refractivity contribution in [3.63, 3.8) is 0 Å². The summed E-state index contributed by atoms with van der Waals surface area (Å²) in [7, 11) is 0. The fourth-order valence-electron chi connectivity index (χ4n) is 1.36. The van der Waals surface area contributed by atoms with E-state index in [0.717, 1.165) is 0 Å². The van der Waals surface area contributed by atoms with Gasteiger partial charge in [0.05, 0.1) is 11.9 Å². The van der Waals surface area contributed by atoms with Gasteiger partial charge in [0.15, 0.2) is 12.4 Å². The van der Waals surface area contributed by atoms with E-state index in [1.807, 2.05) is 48.8 Å². The molecule has 90 valence electrons. The smallest absolute Gasteiger partial charge is 0.266 e. The number of hydrogen-bond acceptors (Lipinski definition) is 3. The van der Waals surface area contributed by atoms with Gasteiger partial charge in [-0.2, -0.15) is 9.67 Å². The molecule has 2 aromatic heterocycles. The molecule has 2 rings (SSSR count). The molecule has 2 aromatic rings. The molecule has 0 aliphatic heterocycles. The van der Waals surface area contributed by atoms with Crippen LogP contribution in [0, 0.1) is 0 Å². The number of pyridine rings is 2. The van der Waals surface area contributed by atoms with Crippen LogP contribution in [0.5, 0.6) is 0 Å². The molecule has 1 N–H and O–H groups in total. The Morgan fingerprint density at radius 1 is 1.28 bits per heavy atom. The lowest BCUT2D eigenvalue weighted by atomic mass is 10.4. The van der Waals surface area contributed by atoms with E-state index < -0.39 is 0 Å². The van der Waals surface area contributed by atoms with Gasteiger partial charge in [0.25, 0.3) is 0 Å². The zero-order valence-electron chi connectivity index (χ0n) is 9.73. The Bertz CT molecular complexity index is 525. The molecule has 5 nitrogen and oxygen atoms in total. The maximum Gasteiger partial charge on any atom is 0.305 e. The Labute approximate surface area is 105 Å². The van der Waals surface area contributed by atoms with Gasteiger partial charge >= 0.3 is 5.91 Å². The number of rotatable bonds is 4. The van der Waals surface area contributed by atoms with Gasteiger partial charge in [-0.15, -0.1) is 0 Å². The summed E-state index contributed by atoms with van der Waals surface area (Å²) < 4.78 is 1.77. The van der Waals surface area contributed by atoms with E-state index in [2.05, 4.69) is 15.5 Å². The van der Waals surface area contributed by atoms with Gasteiger partial charge in [-0.1, -0.05) is 12.1 Å². The second-order valence-corrected chi connectivity index (χ2v) is 3.60. The lowest BCUT2D eigenvalue weighted by Crippen LogP contribution is -2.40. The van der Waals surface area contributed by atoms with E-state index in [-0.39, 0.29) is 12.5 Å². The Hall–Kier alpha value is -2.56. The van der Waals surface area contributed by atoms with Crippen LogP contribution in [0.2, 0.25) is 0 Å². The number of nitrogens with one attached hydrogen (secondary N) is 1. The highest BCUT2D eigenvalue weighted by Crippen LogP contribution is 1.87. The summed E-state index contributed by atoms with van der Waals surface area (Å²) in [5.74, 6) is -0.182. The molecule has 1 amide bonds. The van der Waals surface area contributed by atoms with E-state index in [0.29, 0.717) is 5.69 Å². The van der Waals surface area contributed by atoms with E-state index in [1.54, 1.807) is 10.8 Å². The number of amides is 1. The molecule has 0 spiro atoms. The molecule has 18 heavy (non-hydrogen) atoms. The Kier molecular flexibility index (Phi) is 4.13. The lowest BCUT2D eigenvalue weighted by Gasteiger charge is -1.96. The molecule has 0 unspecified atom stereocenters. The van der Waals surface area contributed by atoms with Crippen LogP contribution in [0.1, 0.15) is 5.69 Å². The van der Waals surface area contributed by atoms with Gasteiger partial charge in [0.1, 0.15) is 0 Å². The van der Waals surface area contributed by atoms with Crippen molar-refractivity contribution in [3.8, 4) is 0 Å². The Balaban J connectivity index is 1.84. The van der Waals surface area contributed by atoms with Crippen molar-refractivity contribution in [1.29, 1.82) is 0 Å². The molecule has 2 heterocycles. The zero-order valence-corrected chi connectivity index (χ0v) is 9.73. The summed E-state index contributed by atoms with van der Waals surface area (Å²) in [6.07, 6.45) is 6.82. The molecule has 0 aliphatic rings. The minimum absolute atomic E-state index is 0.182. The predicted molar refractivity (Wildman–Crippen MR) is 66.6 cm³/mol. The van der Waals surface area contributed by atoms with Crippen molar-refractivity contribution in [3.05, 3.63) is 60.7 Å². The topological polar surface area (TPSA) is 58.2 Å². The first kappa shape index (κ1) is 11.9. The van der Waals surface area contributed by atoms with Crippen LogP contribution in [0.15, 0.2) is 60.1 Å². The second kappa shape index (κ2) is 6.24. The van der Waals surface area contributed by atoms with Crippen molar-refractivity contribution in [2.24, 2.45) is 5.10 Å². The minimum Gasteiger partial charge on any atom is -0.266 e. The quantitative estimate of drug-likeness (QED) is 0.482. The van der Waals surface area contributed by atoms with Crippen LogP contribution in [-0.4, -0.2) is 17.1 Å². The number of aromatic nitrogens is 2. The van der Waals surface area contributed by atoms with E-state index >= 15 is 0 Å². The molecular weight excluding hydrogens is 228 g/mol. The molecular formula is C13H13N4O+. The van der Waals surface area contributed by atoms with Gasteiger partial charge in [-0.05, 0) is 12.1 Å². The first-order chi connectivity index (χ1) is 8.84. The van der Waals surface area contributed by atoms with Crippen LogP contribution in [0.3, 0.4) is 0 Å². The van der Waals surface area contributed by atoms with Crippen molar-refractivity contribution in [1.82, 2.24) is 10.4 Å². The van der Waals surface area contributed by atoms with Crippen LogP contribution >= 0.6 is 0 Å². The van der Waals surface area contributed by atoms with Gasteiger partial charge in [0.2, 0.25) is 6.54 Å². The minimum atomic E-state index is -0.182. The third kappa shape index (κ3) is 3.79. The van der Waals surface area contributed by atoms with Crippen molar-refractivity contribution in [2.45, 2.75) is 6.54 Å². The number of hydrazone groups is 1. The maximum absolute atomic E-state index is 11.5. The summed E-state index contributed by atoms with van der Waals surface area (Å²) >= 11 is 0. The van der Waals surface area contributed by atoms with E-state index in [1.165, 1.54) is 6.21 Å². The average Bonchev–Trinajstić information content (AvgIpc) is 2.41. The molecule has 0 atom stereocenters. The lowest BCUT2D eigenvalue weighted by molar-refractivity contribution is -0.684. The molecule has 0 radical (unpaired) electrons. The van der Waals surface area contributed by atoms with E-state index in [4.69, 9.17) is 0 Å². The van der Waals surface area contributed by atoms with Crippen molar-refractivity contribution < 1.29 is 9.36 Å². The largest absolute Gasteiger partial charge is 0.305 e. The first-order valence-corrected chi connectivity index (χ1v) is 5.51. The van der Waals surface area contributed by atoms with Gasteiger partial charge in [-0.3, -0.25) is 9.78 Å². The molecule has 0 fully saturated rings. The fourth-order valence-corrected chi connectivity index (χ4v) is 1.36. The molecule has 5 heteroatoms. The summed E-state index contributed by atoms with van der Waals surface area (Å²) in [5.41, 5.74) is 3.15. The van der Waals surface area contributed by atoms with Crippen LogP contribution in [0.25, 0.3) is 0 Å². The SMILES string of the molecule is O=C(C[n+]1ccccc1)NN=Cc1ccccn1. The van der Waals surface area contributed by atoms with E-state index in [9.17, 15) is 4.79 Å². The van der Waals surface area contributed by atoms with Crippen LogP contribution < -0.4 is 9.99 Å². The molecule has 0 saturated carbocycles. The number of carbonyl (C=O) groups is 1. The summed E-state index contributed by atoms with van der Waals surface area (Å²) in [6, 6.07) is 11.1. The number of hydrogen-bond donors (Lipinski definition) is 1. The molecule has 0 aliphatic carbocycles. The van der Waals surface area contributed by atoms with Gasteiger partial charge < -0.3 is 0 Å². The maximum atomic E-state index is 11.5. The average molecular weight is 241 g/mol. The molecule has 0 aromatic carbocycles. The van der Waals surface area contributed by atoms with Crippen molar-refractivity contribution >= 4 is 12.1 Å². The second-order valence-electron chi connectivity index (χ2n) is 3.60. The molecule has 0 saturated heterocycles. The molecule has 0 bridgehead atoms. The predicted octanol–water partition coefficient (Wildman–Crippen LogP) is 0.519. The van der Waals surface area contributed by atoms with Crippen LogP contribution in [-0.2, 0) is 11.3 Å². The Morgan fingerprint density at radius 2 is 2.11 bits per heavy atom. The van der Waals surface area contributed by atoms with Crippen LogP contribution in [0.4, 0.5) is 0 Å². The van der Waals surface area contributed by atoms with Gasteiger partial charge in [0, 0.05) is 18.3 Å². The highest BCUT2D eigenvalue weighted by Gasteiger charge is 2.06. The highest BCUT2D eigenvalue weighted by molar-refractivity contribution is 5.80. The third-order valence-electron chi connectivity index (χ3n) is 2.18. The number of carbonyl (C=O) groups excluding carboxylic acids is 1. The normalized spacial score (nSPS) is 10.4. The van der Waals surface area contributed by atoms with Gasteiger partial charge in [-0.25, -0.2) is 5.43 Å². The summed E-state index contributed by atoms with van der Waals surface area (Å²) in [6.45, 7) is 0.237. The van der Waals surface area contributed by atoms with Crippen molar-refractivity contribution in [2.75, 3.05) is 0 Å². The summed E-state index contributed by atoms with van der Waals surface area (Å²) in [4.78, 5) is 15.6. The monoisotopic (exact) mass is 241 g/mol. The fraction of sp³-hybridized carbons (Fsp3) is 0.0769. The zero-order chi connectivity index (χ0) is 12.6. The third-order valence-corrected chi connectivity index (χ3v) is 2.18.